The predicted octanol–water partition coefficient (Wildman–Crippen LogP) is 4.65. The molecule has 1 aromatic heterocycles. The van der Waals surface area contributed by atoms with Crippen molar-refractivity contribution < 1.29 is 9.53 Å². The lowest BCUT2D eigenvalue weighted by atomic mass is 10.2. The van der Waals surface area contributed by atoms with Crippen molar-refractivity contribution in [1.82, 2.24) is 9.88 Å². The molecule has 150 valence electrons. The van der Waals surface area contributed by atoms with Gasteiger partial charge in [-0.25, -0.2) is 4.98 Å². The number of hydrogen-bond acceptors (Lipinski definition) is 5. The van der Waals surface area contributed by atoms with E-state index in [1.54, 1.807) is 0 Å². The average molecular weight is 428 g/mol. The second kappa shape index (κ2) is 8.84. The van der Waals surface area contributed by atoms with Crippen LogP contribution in [0.5, 0.6) is 5.75 Å². The molecule has 1 aliphatic rings. The number of para-hydroxylation sites is 1. The van der Waals surface area contributed by atoms with Crippen LogP contribution in [0, 0.1) is 6.92 Å². The number of anilines is 1. The van der Waals surface area contributed by atoms with Crippen molar-refractivity contribution in [2.75, 3.05) is 31.1 Å². The number of ether oxygens (including phenoxy) is 1. The number of piperazine rings is 1. The van der Waals surface area contributed by atoms with Crippen molar-refractivity contribution in [3.8, 4) is 5.75 Å². The van der Waals surface area contributed by atoms with E-state index in [9.17, 15) is 4.79 Å². The number of carbonyl (C=O) groups excluding carboxylic acids is 1. The van der Waals surface area contributed by atoms with Crippen molar-refractivity contribution in [2.24, 2.45) is 0 Å². The molecule has 0 aliphatic carbocycles. The van der Waals surface area contributed by atoms with Crippen LogP contribution in [0.3, 0.4) is 0 Å². The van der Waals surface area contributed by atoms with Crippen molar-refractivity contribution in [3.63, 3.8) is 0 Å². The second-order valence-corrected chi connectivity index (χ2v) is 8.40. The van der Waals surface area contributed by atoms with E-state index >= 15 is 0 Å². The Kier molecular flexibility index (Phi) is 6.02. The maximum atomic E-state index is 13.0. The number of aromatic nitrogens is 1. The van der Waals surface area contributed by atoms with Gasteiger partial charge in [0.2, 0.25) is 0 Å². The molecule has 1 fully saturated rings. The fourth-order valence-electron chi connectivity index (χ4n) is 3.36. The van der Waals surface area contributed by atoms with Gasteiger partial charge in [0.15, 0.2) is 0 Å². The van der Waals surface area contributed by atoms with Gasteiger partial charge in [-0.3, -0.25) is 4.79 Å². The van der Waals surface area contributed by atoms with Gasteiger partial charge in [0.05, 0.1) is 5.69 Å². The summed E-state index contributed by atoms with van der Waals surface area (Å²) in [6.45, 7) is 5.18. The first-order valence-electron chi connectivity index (χ1n) is 9.54. The molecule has 4 rings (SSSR count). The van der Waals surface area contributed by atoms with Crippen molar-refractivity contribution in [3.05, 3.63) is 75.2 Å². The molecule has 0 atom stereocenters. The van der Waals surface area contributed by atoms with Gasteiger partial charge in [-0.1, -0.05) is 35.9 Å². The van der Waals surface area contributed by atoms with Crippen LogP contribution in [-0.4, -0.2) is 42.0 Å². The third kappa shape index (κ3) is 4.71. The summed E-state index contributed by atoms with van der Waals surface area (Å²) in [6, 6.07) is 17.5. The third-order valence-corrected chi connectivity index (χ3v) is 6.23. The standard InChI is InChI=1S/C22H22ClN3O2S/c1-16-21(29-20(24-16)15-28-19-8-3-2-4-9-19)22(27)26-12-10-25(11-13-26)18-7-5-6-17(23)14-18/h2-9,14H,10-13,15H2,1H3. The van der Waals surface area contributed by atoms with Gasteiger partial charge in [-0.2, -0.15) is 0 Å². The summed E-state index contributed by atoms with van der Waals surface area (Å²) in [7, 11) is 0. The molecule has 2 heterocycles. The summed E-state index contributed by atoms with van der Waals surface area (Å²) in [5.74, 6) is 0.849. The molecular weight excluding hydrogens is 406 g/mol. The highest BCUT2D eigenvalue weighted by Crippen LogP contribution is 2.24. The first-order chi connectivity index (χ1) is 14.1. The van der Waals surface area contributed by atoms with E-state index < -0.39 is 0 Å². The summed E-state index contributed by atoms with van der Waals surface area (Å²) in [6.07, 6.45) is 0. The van der Waals surface area contributed by atoms with Gasteiger partial charge in [0.25, 0.3) is 5.91 Å². The molecule has 0 bridgehead atoms. The third-order valence-electron chi connectivity index (χ3n) is 4.88. The highest BCUT2D eigenvalue weighted by molar-refractivity contribution is 7.13. The normalized spacial score (nSPS) is 14.1. The van der Waals surface area contributed by atoms with Crippen LogP contribution in [0.25, 0.3) is 0 Å². The minimum Gasteiger partial charge on any atom is -0.486 e. The summed E-state index contributed by atoms with van der Waals surface area (Å²) in [4.78, 5) is 22.4. The molecule has 1 saturated heterocycles. The van der Waals surface area contributed by atoms with Gasteiger partial charge in [-0.15, -0.1) is 11.3 Å². The highest BCUT2D eigenvalue weighted by Gasteiger charge is 2.25. The lowest BCUT2D eigenvalue weighted by Gasteiger charge is -2.36. The molecule has 5 nitrogen and oxygen atoms in total. The summed E-state index contributed by atoms with van der Waals surface area (Å²) in [5, 5.41) is 1.54. The minimum atomic E-state index is 0.0525. The van der Waals surface area contributed by atoms with Gasteiger partial charge < -0.3 is 14.5 Å². The first-order valence-corrected chi connectivity index (χ1v) is 10.7. The molecule has 29 heavy (non-hydrogen) atoms. The number of nitrogens with zero attached hydrogens (tertiary/aromatic N) is 3. The van der Waals surface area contributed by atoms with Gasteiger partial charge in [0, 0.05) is 36.9 Å². The molecule has 2 aromatic carbocycles. The summed E-state index contributed by atoms with van der Waals surface area (Å²) < 4.78 is 5.76. The lowest BCUT2D eigenvalue weighted by Crippen LogP contribution is -2.48. The Bertz CT molecular complexity index is 985. The number of halogens is 1. The number of benzene rings is 2. The summed E-state index contributed by atoms with van der Waals surface area (Å²) >= 11 is 7.52. The minimum absolute atomic E-state index is 0.0525. The first kappa shape index (κ1) is 19.7. The van der Waals surface area contributed by atoms with E-state index in [4.69, 9.17) is 16.3 Å². The number of amides is 1. The van der Waals surface area contributed by atoms with Crippen LogP contribution in [0.4, 0.5) is 5.69 Å². The molecule has 0 unspecified atom stereocenters. The van der Waals surface area contributed by atoms with E-state index in [2.05, 4.69) is 16.0 Å². The predicted molar refractivity (Wildman–Crippen MR) is 117 cm³/mol. The molecule has 3 aromatic rings. The Labute approximate surface area is 179 Å². The van der Waals surface area contributed by atoms with Crippen LogP contribution >= 0.6 is 22.9 Å². The number of thiazole rings is 1. The largest absolute Gasteiger partial charge is 0.486 e. The molecule has 1 aliphatic heterocycles. The Morgan fingerprint density at radius 2 is 1.86 bits per heavy atom. The number of rotatable bonds is 5. The topological polar surface area (TPSA) is 45.7 Å². The molecule has 1 amide bonds. The monoisotopic (exact) mass is 427 g/mol. The van der Waals surface area contributed by atoms with E-state index in [1.807, 2.05) is 60.4 Å². The number of aryl methyl sites for hydroxylation is 1. The molecule has 0 N–H and O–H groups in total. The highest BCUT2D eigenvalue weighted by atomic mass is 35.5. The van der Waals surface area contributed by atoms with E-state index in [0.717, 1.165) is 40.3 Å². The zero-order valence-corrected chi connectivity index (χ0v) is 17.7. The van der Waals surface area contributed by atoms with Crippen LogP contribution in [0.1, 0.15) is 20.4 Å². The Balaban J connectivity index is 1.37. The van der Waals surface area contributed by atoms with E-state index in [-0.39, 0.29) is 5.91 Å². The Morgan fingerprint density at radius 3 is 2.59 bits per heavy atom. The fourth-order valence-corrected chi connectivity index (χ4v) is 4.49. The molecular formula is C22H22ClN3O2S. The van der Waals surface area contributed by atoms with Crippen LogP contribution in [-0.2, 0) is 6.61 Å². The molecule has 0 radical (unpaired) electrons. The number of carbonyl (C=O) groups is 1. The maximum absolute atomic E-state index is 13.0. The lowest BCUT2D eigenvalue weighted by molar-refractivity contribution is 0.0750. The van der Waals surface area contributed by atoms with Gasteiger partial charge >= 0.3 is 0 Å². The average Bonchev–Trinajstić information content (AvgIpc) is 3.13. The maximum Gasteiger partial charge on any atom is 0.265 e. The molecule has 0 saturated carbocycles. The van der Waals surface area contributed by atoms with Crippen molar-refractivity contribution in [1.29, 1.82) is 0 Å². The van der Waals surface area contributed by atoms with Gasteiger partial charge in [-0.05, 0) is 37.3 Å². The van der Waals surface area contributed by atoms with Crippen molar-refractivity contribution >= 4 is 34.5 Å². The van der Waals surface area contributed by atoms with E-state index in [1.165, 1.54) is 11.3 Å². The van der Waals surface area contributed by atoms with Gasteiger partial charge in [0.1, 0.15) is 22.2 Å². The van der Waals surface area contributed by atoms with Crippen molar-refractivity contribution in [2.45, 2.75) is 13.5 Å². The SMILES string of the molecule is Cc1nc(COc2ccccc2)sc1C(=O)N1CCN(c2cccc(Cl)c2)CC1. The Morgan fingerprint density at radius 1 is 1.10 bits per heavy atom. The van der Waals surface area contributed by atoms with E-state index in [0.29, 0.717) is 24.6 Å². The zero-order valence-electron chi connectivity index (χ0n) is 16.2. The smallest absolute Gasteiger partial charge is 0.265 e. The zero-order chi connectivity index (χ0) is 20.2. The fraction of sp³-hybridized carbons (Fsp3) is 0.273. The second-order valence-electron chi connectivity index (χ2n) is 6.88. The quantitative estimate of drug-likeness (QED) is 0.594. The molecule has 7 heteroatoms. The Hall–Kier alpha value is -2.57. The van der Waals surface area contributed by atoms with Crippen LogP contribution in [0.15, 0.2) is 54.6 Å². The summed E-state index contributed by atoms with van der Waals surface area (Å²) in [5.41, 5.74) is 1.86. The van der Waals surface area contributed by atoms with Crippen LogP contribution < -0.4 is 9.64 Å². The molecule has 0 spiro atoms. The number of hydrogen-bond donors (Lipinski definition) is 0. The van der Waals surface area contributed by atoms with Crippen LogP contribution in [0.2, 0.25) is 5.02 Å².